The second-order valence-corrected chi connectivity index (χ2v) is 8.15. The lowest BCUT2D eigenvalue weighted by Crippen LogP contribution is -2.37. The molecule has 4 nitrogen and oxygen atoms in total. The zero-order valence-electron chi connectivity index (χ0n) is 16.2. The number of likely N-dealkylation sites (tertiary alicyclic amines) is 1. The normalized spacial score (nSPS) is 22.6. The molecule has 1 N–H and O–H groups in total. The van der Waals surface area contributed by atoms with Crippen molar-refractivity contribution < 1.29 is 9.53 Å². The molecule has 3 unspecified atom stereocenters. The highest BCUT2D eigenvalue weighted by molar-refractivity contribution is 6.31. The van der Waals surface area contributed by atoms with Crippen molar-refractivity contribution >= 4 is 17.5 Å². The summed E-state index contributed by atoms with van der Waals surface area (Å²) in [6, 6.07) is 16.3. The van der Waals surface area contributed by atoms with Crippen molar-refractivity contribution in [2.45, 2.75) is 31.2 Å². The molecule has 4 rings (SSSR count). The molecule has 1 aliphatic carbocycles. The Morgan fingerprint density at radius 2 is 1.89 bits per heavy atom. The molecule has 1 saturated heterocycles. The third-order valence-electron chi connectivity index (χ3n) is 5.98. The Labute approximate surface area is 171 Å². The van der Waals surface area contributed by atoms with Gasteiger partial charge in [-0.25, -0.2) is 0 Å². The maximum atomic E-state index is 12.8. The number of hydrogen-bond donors (Lipinski definition) is 1. The first-order valence-corrected chi connectivity index (χ1v) is 10.5. The number of halogens is 1. The van der Waals surface area contributed by atoms with Crippen LogP contribution in [0.2, 0.25) is 5.02 Å². The number of amides is 1. The lowest BCUT2D eigenvalue weighted by molar-refractivity contribution is -0.122. The molecule has 28 heavy (non-hydrogen) atoms. The third kappa shape index (κ3) is 4.18. The predicted molar refractivity (Wildman–Crippen MR) is 112 cm³/mol. The van der Waals surface area contributed by atoms with E-state index in [1.165, 1.54) is 18.4 Å². The van der Waals surface area contributed by atoms with Crippen LogP contribution in [0, 0.1) is 5.92 Å². The molecule has 1 aliphatic heterocycles. The summed E-state index contributed by atoms with van der Waals surface area (Å²) in [5, 5.41) is 3.97. The molecule has 5 heteroatoms. The first-order valence-electron chi connectivity index (χ1n) is 10.1. The SMILES string of the molecule is COc1ccc(C(CNC(=O)C2CC2c2ccccc2Cl)N2CCCC2)cc1. The van der Waals surface area contributed by atoms with Crippen molar-refractivity contribution in [3.63, 3.8) is 0 Å². The zero-order chi connectivity index (χ0) is 19.5. The van der Waals surface area contributed by atoms with Gasteiger partial charge < -0.3 is 10.1 Å². The molecular weight excluding hydrogens is 372 g/mol. The Hall–Kier alpha value is -2.04. The average molecular weight is 399 g/mol. The number of carbonyl (C=O) groups is 1. The summed E-state index contributed by atoms with van der Waals surface area (Å²) >= 11 is 6.30. The Morgan fingerprint density at radius 3 is 2.57 bits per heavy atom. The molecule has 3 atom stereocenters. The second-order valence-electron chi connectivity index (χ2n) is 7.75. The average Bonchev–Trinajstić information content (AvgIpc) is 3.34. The molecular formula is C23H27ClN2O2. The Balaban J connectivity index is 1.40. The van der Waals surface area contributed by atoms with Crippen LogP contribution in [0.15, 0.2) is 48.5 Å². The summed E-state index contributed by atoms with van der Waals surface area (Å²) in [5.41, 5.74) is 2.32. The molecule has 1 amide bonds. The standard InChI is InChI=1S/C23H27ClN2O2/c1-28-17-10-8-16(9-11-17)22(26-12-4-5-13-26)15-25-23(27)20-14-19(20)18-6-2-3-7-21(18)24/h2-3,6-11,19-20,22H,4-5,12-15H2,1H3,(H,25,27). The van der Waals surface area contributed by atoms with E-state index in [-0.39, 0.29) is 23.8 Å². The van der Waals surface area contributed by atoms with Crippen LogP contribution in [0.25, 0.3) is 0 Å². The van der Waals surface area contributed by atoms with E-state index in [0.717, 1.165) is 35.8 Å². The van der Waals surface area contributed by atoms with Crippen LogP contribution in [-0.2, 0) is 4.79 Å². The summed E-state index contributed by atoms with van der Waals surface area (Å²) in [6.45, 7) is 2.80. The van der Waals surface area contributed by atoms with Gasteiger partial charge in [-0.3, -0.25) is 9.69 Å². The molecule has 148 valence electrons. The van der Waals surface area contributed by atoms with Crippen molar-refractivity contribution in [1.82, 2.24) is 10.2 Å². The first-order chi connectivity index (χ1) is 13.7. The van der Waals surface area contributed by atoms with Gasteiger partial charge in [0, 0.05) is 17.5 Å². The van der Waals surface area contributed by atoms with Gasteiger partial charge in [-0.15, -0.1) is 0 Å². The second kappa shape index (κ2) is 8.54. The minimum atomic E-state index is 0.0370. The Bertz CT molecular complexity index is 818. The molecule has 2 fully saturated rings. The van der Waals surface area contributed by atoms with E-state index in [9.17, 15) is 4.79 Å². The number of benzene rings is 2. The first kappa shape index (κ1) is 19.3. The van der Waals surface area contributed by atoms with Gasteiger partial charge in [0.2, 0.25) is 5.91 Å². The fraction of sp³-hybridized carbons (Fsp3) is 0.435. The number of nitrogens with one attached hydrogen (secondary N) is 1. The lowest BCUT2D eigenvalue weighted by atomic mass is 10.0. The molecule has 0 radical (unpaired) electrons. The summed E-state index contributed by atoms with van der Waals surface area (Å²) < 4.78 is 5.28. The van der Waals surface area contributed by atoms with Crippen LogP contribution in [0.5, 0.6) is 5.75 Å². The number of methoxy groups -OCH3 is 1. The van der Waals surface area contributed by atoms with Gasteiger partial charge in [0.25, 0.3) is 0 Å². The molecule has 1 saturated carbocycles. The quantitative estimate of drug-likeness (QED) is 0.751. The lowest BCUT2D eigenvalue weighted by Gasteiger charge is -2.28. The molecule has 0 aromatic heterocycles. The highest BCUT2D eigenvalue weighted by Gasteiger charge is 2.44. The Morgan fingerprint density at radius 1 is 1.18 bits per heavy atom. The topological polar surface area (TPSA) is 41.6 Å². The number of hydrogen-bond acceptors (Lipinski definition) is 3. The fourth-order valence-electron chi connectivity index (χ4n) is 4.27. The molecule has 2 aliphatic rings. The van der Waals surface area contributed by atoms with Crippen LogP contribution in [0.1, 0.15) is 42.3 Å². The van der Waals surface area contributed by atoms with Gasteiger partial charge in [-0.2, -0.15) is 0 Å². The molecule has 0 spiro atoms. The minimum absolute atomic E-state index is 0.0370. The van der Waals surface area contributed by atoms with Crippen molar-refractivity contribution in [1.29, 1.82) is 0 Å². The predicted octanol–water partition coefficient (Wildman–Crippen LogP) is 4.41. The van der Waals surface area contributed by atoms with E-state index in [1.807, 2.05) is 36.4 Å². The van der Waals surface area contributed by atoms with E-state index >= 15 is 0 Å². The highest BCUT2D eigenvalue weighted by Crippen LogP contribution is 2.49. The van der Waals surface area contributed by atoms with E-state index in [0.29, 0.717) is 6.54 Å². The van der Waals surface area contributed by atoms with Crippen LogP contribution in [0.4, 0.5) is 0 Å². The number of nitrogens with zero attached hydrogens (tertiary/aromatic N) is 1. The smallest absolute Gasteiger partial charge is 0.223 e. The summed E-state index contributed by atoms with van der Waals surface area (Å²) in [7, 11) is 1.68. The van der Waals surface area contributed by atoms with Crippen molar-refractivity contribution in [2.75, 3.05) is 26.7 Å². The van der Waals surface area contributed by atoms with E-state index in [1.54, 1.807) is 7.11 Å². The number of carbonyl (C=O) groups excluding carboxylic acids is 1. The van der Waals surface area contributed by atoms with Gasteiger partial charge in [0.1, 0.15) is 5.75 Å². The largest absolute Gasteiger partial charge is 0.497 e. The maximum Gasteiger partial charge on any atom is 0.223 e. The van der Waals surface area contributed by atoms with Crippen LogP contribution in [-0.4, -0.2) is 37.6 Å². The molecule has 1 heterocycles. The van der Waals surface area contributed by atoms with Gasteiger partial charge in [0.05, 0.1) is 13.2 Å². The Kier molecular flexibility index (Phi) is 5.88. The number of ether oxygens (including phenoxy) is 1. The third-order valence-corrected chi connectivity index (χ3v) is 6.33. The van der Waals surface area contributed by atoms with Crippen molar-refractivity contribution in [3.05, 3.63) is 64.7 Å². The maximum absolute atomic E-state index is 12.8. The number of rotatable bonds is 7. The fourth-order valence-corrected chi connectivity index (χ4v) is 4.55. The summed E-state index contributed by atoms with van der Waals surface area (Å²) in [5.74, 6) is 1.28. The van der Waals surface area contributed by atoms with Gasteiger partial charge in [0.15, 0.2) is 0 Å². The van der Waals surface area contributed by atoms with Gasteiger partial charge >= 0.3 is 0 Å². The van der Waals surface area contributed by atoms with Crippen LogP contribution >= 0.6 is 11.6 Å². The zero-order valence-corrected chi connectivity index (χ0v) is 17.0. The van der Waals surface area contributed by atoms with E-state index < -0.39 is 0 Å². The van der Waals surface area contributed by atoms with E-state index in [4.69, 9.17) is 16.3 Å². The summed E-state index contributed by atoms with van der Waals surface area (Å²) in [6.07, 6.45) is 3.32. The monoisotopic (exact) mass is 398 g/mol. The van der Waals surface area contributed by atoms with Crippen LogP contribution < -0.4 is 10.1 Å². The van der Waals surface area contributed by atoms with Gasteiger partial charge in [-0.1, -0.05) is 41.9 Å². The van der Waals surface area contributed by atoms with Crippen molar-refractivity contribution in [2.24, 2.45) is 5.92 Å². The summed E-state index contributed by atoms with van der Waals surface area (Å²) in [4.78, 5) is 15.2. The molecule has 0 bridgehead atoms. The molecule has 2 aromatic carbocycles. The highest BCUT2D eigenvalue weighted by atomic mass is 35.5. The minimum Gasteiger partial charge on any atom is -0.497 e. The van der Waals surface area contributed by atoms with Crippen molar-refractivity contribution in [3.8, 4) is 5.75 Å². The van der Waals surface area contributed by atoms with E-state index in [2.05, 4.69) is 22.3 Å². The molecule has 2 aromatic rings. The van der Waals surface area contributed by atoms with Crippen LogP contribution in [0.3, 0.4) is 0 Å². The van der Waals surface area contributed by atoms with Gasteiger partial charge in [-0.05, 0) is 67.6 Å².